The fourth-order valence-corrected chi connectivity index (χ4v) is 3.34. The molecule has 8 heteroatoms. The largest absolute Gasteiger partial charge is 0.377 e. The Hall–Kier alpha value is -2.45. The van der Waals surface area contributed by atoms with Gasteiger partial charge in [0, 0.05) is 33.2 Å². The Morgan fingerprint density at radius 1 is 1.32 bits per heavy atom. The number of aromatic nitrogens is 3. The molecule has 1 aliphatic rings. The summed E-state index contributed by atoms with van der Waals surface area (Å²) in [6, 6.07) is 10.4. The van der Waals surface area contributed by atoms with Crippen molar-refractivity contribution in [1.29, 1.82) is 0 Å². The molecular weight excluding hydrogens is 356 g/mol. The van der Waals surface area contributed by atoms with Crippen LogP contribution in [-0.4, -0.2) is 54.1 Å². The average Bonchev–Trinajstić information content (AvgIpc) is 3.11. The molecule has 2 atom stereocenters. The van der Waals surface area contributed by atoms with Gasteiger partial charge in [-0.25, -0.2) is 9.67 Å². The summed E-state index contributed by atoms with van der Waals surface area (Å²) < 4.78 is 12.7. The topological polar surface area (TPSA) is 85.6 Å². The first-order valence-corrected chi connectivity index (χ1v) is 9.77. The lowest BCUT2D eigenvalue weighted by molar-refractivity contribution is 0.111. The molecule has 0 saturated carbocycles. The third kappa shape index (κ3) is 5.30. The molecule has 0 radical (unpaired) electrons. The van der Waals surface area contributed by atoms with Gasteiger partial charge in [-0.15, -0.1) is 0 Å². The minimum Gasteiger partial charge on any atom is -0.377 e. The van der Waals surface area contributed by atoms with E-state index in [4.69, 9.17) is 14.5 Å². The fraction of sp³-hybridized carbons (Fsp3) is 0.550. The van der Waals surface area contributed by atoms with Gasteiger partial charge in [-0.1, -0.05) is 30.3 Å². The number of guanidine groups is 1. The molecule has 1 aromatic heterocycles. The van der Waals surface area contributed by atoms with Gasteiger partial charge in [0.25, 0.3) is 0 Å². The molecule has 2 unspecified atom stereocenters. The lowest BCUT2D eigenvalue weighted by atomic mass is 10.1. The third-order valence-electron chi connectivity index (χ3n) is 4.73. The smallest absolute Gasteiger partial charge is 0.191 e. The van der Waals surface area contributed by atoms with Crippen molar-refractivity contribution in [1.82, 2.24) is 25.4 Å². The van der Waals surface area contributed by atoms with Crippen molar-refractivity contribution in [3.05, 3.63) is 47.5 Å². The van der Waals surface area contributed by atoms with Gasteiger partial charge in [-0.3, -0.25) is 4.99 Å². The van der Waals surface area contributed by atoms with Crippen LogP contribution in [0.15, 0.2) is 35.3 Å². The van der Waals surface area contributed by atoms with Crippen LogP contribution in [0.5, 0.6) is 0 Å². The number of nitrogens with one attached hydrogen (secondary N) is 2. The molecule has 2 heterocycles. The molecule has 0 bridgehead atoms. The van der Waals surface area contributed by atoms with Gasteiger partial charge in [0.05, 0.1) is 13.1 Å². The number of hydrogen-bond acceptors (Lipinski definition) is 5. The number of ether oxygens (including phenoxy) is 2. The van der Waals surface area contributed by atoms with Crippen LogP contribution < -0.4 is 10.6 Å². The molecule has 0 fully saturated rings. The highest BCUT2D eigenvalue weighted by molar-refractivity contribution is 5.80. The summed E-state index contributed by atoms with van der Waals surface area (Å²) in [5.74, 6) is 2.56. The summed E-state index contributed by atoms with van der Waals surface area (Å²) in [4.78, 5) is 9.28. The van der Waals surface area contributed by atoms with E-state index in [9.17, 15) is 0 Å². The Labute approximate surface area is 166 Å². The van der Waals surface area contributed by atoms with Gasteiger partial charge in [0.15, 0.2) is 11.8 Å². The average molecular weight is 387 g/mol. The van der Waals surface area contributed by atoms with Crippen LogP contribution in [0.4, 0.5) is 0 Å². The minimum atomic E-state index is -0.0680. The Kier molecular flexibility index (Phi) is 7.39. The molecule has 0 aliphatic carbocycles. The Morgan fingerprint density at radius 3 is 2.86 bits per heavy atom. The third-order valence-corrected chi connectivity index (χ3v) is 4.73. The maximum atomic E-state index is 5.63. The molecule has 0 amide bonds. The van der Waals surface area contributed by atoms with Crippen LogP contribution in [0, 0.1) is 0 Å². The predicted molar refractivity (Wildman–Crippen MR) is 108 cm³/mol. The Morgan fingerprint density at radius 2 is 2.14 bits per heavy atom. The van der Waals surface area contributed by atoms with E-state index in [1.54, 1.807) is 14.2 Å². The van der Waals surface area contributed by atoms with Gasteiger partial charge in [-0.05, 0) is 18.9 Å². The number of nitrogens with zero attached hydrogens (tertiary/aromatic N) is 4. The summed E-state index contributed by atoms with van der Waals surface area (Å²) in [6.45, 7) is 4.63. The number of benzene rings is 1. The van der Waals surface area contributed by atoms with E-state index in [0.717, 1.165) is 49.1 Å². The van der Waals surface area contributed by atoms with Crippen molar-refractivity contribution < 1.29 is 9.47 Å². The number of aliphatic imine (C=N–C) groups is 1. The monoisotopic (exact) mass is 386 g/mol. The summed E-state index contributed by atoms with van der Waals surface area (Å²) >= 11 is 0. The van der Waals surface area contributed by atoms with Crippen molar-refractivity contribution in [2.24, 2.45) is 4.99 Å². The summed E-state index contributed by atoms with van der Waals surface area (Å²) in [6.07, 6.45) is 1.81. The van der Waals surface area contributed by atoms with Crippen molar-refractivity contribution in [2.75, 3.05) is 27.3 Å². The SMILES string of the molecule is CCNC(=NCC(OC)c1ccccc1)NC1CCc2nc(COC)nn2C1. The van der Waals surface area contributed by atoms with Crippen molar-refractivity contribution in [3.63, 3.8) is 0 Å². The lowest BCUT2D eigenvalue weighted by Crippen LogP contribution is -2.47. The van der Waals surface area contributed by atoms with Gasteiger partial charge < -0.3 is 20.1 Å². The second-order valence-electron chi connectivity index (χ2n) is 6.79. The molecule has 8 nitrogen and oxygen atoms in total. The summed E-state index contributed by atoms with van der Waals surface area (Å²) in [7, 11) is 3.38. The van der Waals surface area contributed by atoms with Crippen LogP contribution in [0.25, 0.3) is 0 Å². The molecular formula is C20H30N6O2. The number of rotatable bonds is 8. The van der Waals surface area contributed by atoms with E-state index < -0.39 is 0 Å². The highest BCUT2D eigenvalue weighted by Gasteiger charge is 2.22. The molecule has 1 aliphatic heterocycles. The van der Waals surface area contributed by atoms with E-state index in [1.165, 1.54) is 0 Å². The first kappa shape index (κ1) is 20.3. The van der Waals surface area contributed by atoms with Crippen molar-refractivity contribution in [2.45, 2.75) is 45.1 Å². The number of aryl methyl sites for hydroxylation is 1. The van der Waals surface area contributed by atoms with E-state index in [2.05, 4.69) is 39.8 Å². The quantitative estimate of drug-likeness (QED) is 0.530. The lowest BCUT2D eigenvalue weighted by Gasteiger charge is -2.25. The van der Waals surface area contributed by atoms with Crippen molar-refractivity contribution in [3.8, 4) is 0 Å². The first-order chi connectivity index (χ1) is 13.7. The Balaban J connectivity index is 1.63. The normalized spacial score (nSPS) is 17.8. The number of hydrogen-bond donors (Lipinski definition) is 2. The van der Waals surface area contributed by atoms with Gasteiger partial charge in [0.1, 0.15) is 18.5 Å². The summed E-state index contributed by atoms with van der Waals surface area (Å²) in [5, 5.41) is 11.4. The van der Waals surface area contributed by atoms with E-state index in [0.29, 0.717) is 13.2 Å². The van der Waals surface area contributed by atoms with Crippen LogP contribution in [0.3, 0.4) is 0 Å². The summed E-state index contributed by atoms with van der Waals surface area (Å²) in [5.41, 5.74) is 1.13. The molecule has 1 aromatic carbocycles. The predicted octanol–water partition coefficient (Wildman–Crippen LogP) is 1.68. The van der Waals surface area contributed by atoms with Gasteiger partial charge >= 0.3 is 0 Å². The second-order valence-corrected chi connectivity index (χ2v) is 6.79. The molecule has 3 rings (SSSR count). The van der Waals surface area contributed by atoms with Crippen molar-refractivity contribution >= 4 is 5.96 Å². The van der Waals surface area contributed by atoms with Crippen LogP contribution >= 0.6 is 0 Å². The van der Waals surface area contributed by atoms with E-state index >= 15 is 0 Å². The molecule has 2 N–H and O–H groups in total. The standard InChI is InChI=1S/C20H30N6O2/c1-4-21-20(22-12-17(28-3)15-8-6-5-7-9-15)23-16-10-11-19-24-18(14-27-2)25-26(19)13-16/h5-9,16-17H,4,10-14H2,1-3H3,(H2,21,22,23). The molecule has 2 aromatic rings. The molecule has 28 heavy (non-hydrogen) atoms. The van der Waals surface area contributed by atoms with Crippen LogP contribution in [0.2, 0.25) is 0 Å². The second kappa shape index (κ2) is 10.2. The highest BCUT2D eigenvalue weighted by atomic mass is 16.5. The number of methoxy groups -OCH3 is 2. The minimum absolute atomic E-state index is 0.0680. The van der Waals surface area contributed by atoms with Crippen LogP contribution in [0.1, 0.15) is 36.7 Å². The zero-order valence-electron chi connectivity index (χ0n) is 16.9. The molecule has 152 valence electrons. The maximum absolute atomic E-state index is 5.63. The van der Waals surface area contributed by atoms with Crippen LogP contribution in [-0.2, 0) is 29.0 Å². The molecule has 0 saturated heterocycles. The zero-order chi connectivity index (χ0) is 19.8. The highest BCUT2D eigenvalue weighted by Crippen LogP contribution is 2.17. The maximum Gasteiger partial charge on any atom is 0.191 e. The van der Waals surface area contributed by atoms with E-state index in [-0.39, 0.29) is 12.1 Å². The zero-order valence-corrected chi connectivity index (χ0v) is 16.9. The number of fused-ring (bicyclic) bond motifs is 1. The Bertz CT molecular complexity index is 761. The van der Waals surface area contributed by atoms with E-state index in [1.807, 2.05) is 22.9 Å². The van der Waals surface area contributed by atoms with Gasteiger partial charge in [0.2, 0.25) is 0 Å². The molecule has 0 spiro atoms. The van der Waals surface area contributed by atoms with Gasteiger partial charge in [-0.2, -0.15) is 5.10 Å². The first-order valence-electron chi connectivity index (χ1n) is 9.77. The fourth-order valence-electron chi connectivity index (χ4n) is 3.34.